The summed E-state index contributed by atoms with van der Waals surface area (Å²) in [5.41, 5.74) is 7.64. The van der Waals surface area contributed by atoms with Crippen LogP contribution >= 0.6 is 0 Å². The maximum absolute atomic E-state index is 13.1. The summed E-state index contributed by atoms with van der Waals surface area (Å²) < 4.78 is 18.6. The van der Waals surface area contributed by atoms with Crippen LogP contribution in [0.5, 0.6) is 5.75 Å². The molecule has 0 fully saturated rings. The van der Waals surface area contributed by atoms with Gasteiger partial charge in [0.15, 0.2) is 0 Å². The summed E-state index contributed by atoms with van der Waals surface area (Å²) in [5.74, 6) is 0.436. The van der Waals surface area contributed by atoms with Gasteiger partial charge in [-0.1, -0.05) is 19.1 Å². The zero-order valence-electron chi connectivity index (χ0n) is 10.8. The van der Waals surface area contributed by atoms with Crippen LogP contribution in [0.4, 0.5) is 4.39 Å². The predicted molar refractivity (Wildman–Crippen MR) is 72.5 cm³/mol. The fraction of sp³-hybridized carbons (Fsp3) is 0.267. The molecule has 0 amide bonds. The lowest BCUT2D eigenvalue weighted by molar-refractivity contribution is 0.317. The fourth-order valence-electron chi connectivity index (χ4n) is 1.78. The van der Waals surface area contributed by atoms with E-state index in [1.165, 1.54) is 6.07 Å². The summed E-state index contributed by atoms with van der Waals surface area (Å²) >= 11 is 0. The van der Waals surface area contributed by atoms with E-state index in [0.717, 1.165) is 23.9 Å². The lowest BCUT2D eigenvalue weighted by Crippen LogP contribution is -2.12. The number of pyridine rings is 1. The SMILES string of the molecule is CCCOc1ccc(C(N)c2cncc(F)c2)cc1. The molecule has 100 valence electrons. The van der Waals surface area contributed by atoms with Crippen molar-refractivity contribution in [2.45, 2.75) is 19.4 Å². The smallest absolute Gasteiger partial charge is 0.141 e. The molecule has 0 radical (unpaired) electrons. The van der Waals surface area contributed by atoms with Gasteiger partial charge in [0.05, 0.1) is 18.8 Å². The molecule has 19 heavy (non-hydrogen) atoms. The molecule has 0 saturated carbocycles. The molecule has 1 aromatic heterocycles. The zero-order valence-corrected chi connectivity index (χ0v) is 10.8. The molecule has 1 unspecified atom stereocenters. The summed E-state index contributed by atoms with van der Waals surface area (Å²) in [6, 6.07) is 8.54. The van der Waals surface area contributed by atoms with E-state index >= 15 is 0 Å². The van der Waals surface area contributed by atoms with Gasteiger partial charge in [-0.3, -0.25) is 4.98 Å². The Morgan fingerprint density at radius 2 is 1.95 bits per heavy atom. The van der Waals surface area contributed by atoms with Crippen molar-refractivity contribution in [2.24, 2.45) is 5.73 Å². The van der Waals surface area contributed by atoms with E-state index < -0.39 is 0 Å². The van der Waals surface area contributed by atoms with Crippen LogP contribution in [0.15, 0.2) is 42.7 Å². The van der Waals surface area contributed by atoms with Crippen molar-refractivity contribution in [1.82, 2.24) is 4.98 Å². The first-order valence-corrected chi connectivity index (χ1v) is 6.29. The van der Waals surface area contributed by atoms with Gasteiger partial charge in [0.2, 0.25) is 0 Å². The molecule has 2 aromatic rings. The van der Waals surface area contributed by atoms with Gasteiger partial charge >= 0.3 is 0 Å². The highest BCUT2D eigenvalue weighted by atomic mass is 19.1. The van der Waals surface area contributed by atoms with Gasteiger partial charge in [0, 0.05) is 6.20 Å². The van der Waals surface area contributed by atoms with E-state index in [4.69, 9.17) is 10.5 Å². The average molecular weight is 260 g/mol. The largest absolute Gasteiger partial charge is 0.494 e. The van der Waals surface area contributed by atoms with Gasteiger partial charge in [-0.15, -0.1) is 0 Å². The van der Waals surface area contributed by atoms with Gasteiger partial charge in [0.1, 0.15) is 11.6 Å². The lowest BCUT2D eigenvalue weighted by Gasteiger charge is -2.13. The van der Waals surface area contributed by atoms with Crippen LogP contribution in [-0.4, -0.2) is 11.6 Å². The number of hydrogen-bond donors (Lipinski definition) is 1. The second-order valence-electron chi connectivity index (χ2n) is 4.33. The molecular weight excluding hydrogens is 243 g/mol. The highest BCUT2D eigenvalue weighted by Gasteiger charge is 2.10. The molecule has 2 N–H and O–H groups in total. The van der Waals surface area contributed by atoms with Crippen molar-refractivity contribution in [1.29, 1.82) is 0 Å². The van der Waals surface area contributed by atoms with E-state index in [1.807, 2.05) is 24.3 Å². The number of hydrogen-bond acceptors (Lipinski definition) is 3. The minimum absolute atomic E-state index is 0.379. The standard InChI is InChI=1S/C15H17FN2O/c1-2-7-19-14-5-3-11(4-6-14)15(17)12-8-13(16)10-18-9-12/h3-6,8-10,15H,2,7,17H2,1H3. The fourth-order valence-corrected chi connectivity index (χ4v) is 1.78. The number of rotatable bonds is 5. The molecule has 2 rings (SSSR count). The van der Waals surface area contributed by atoms with Crippen LogP contribution < -0.4 is 10.5 Å². The first kappa shape index (κ1) is 13.5. The lowest BCUT2D eigenvalue weighted by atomic mass is 10.0. The zero-order chi connectivity index (χ0) is 13.7. The normalized spacial score (nSPS) is 12.2. The van der Waals surface area contributed by atoms with Crippen molar-refractivity contribution in [3.8, 4) is 5.75 Å². The van der Waals surface area contributed by atoms with E-state index in [1.54, 1.807) is 6.20 Å². The molecule has 0 bridgehead atoms. The number of nitrogens with two attached hydrogens (primary N) is 1. The molecule has 1 atom stereocenters. The molecule has 0 aliphatic heterocycles. The third-order valence-electron chi connectivity index (χ3n) is 2.80. The summed E-state index contributed by atoms with van der Waals surface area (Å²) in [6.07, 6.45) is 3.71. The van der Waals surface area contributed by atoms with E-state index in [-0.39, 0.29) is 11.9 Å². The number of aromatic nitrogens is 1. The van der Waals surface area contributed by atoms with Crippen molar-refractivity contribution < 1.29 is 9.13 Å². The molecule has 0 saturated heterocycles. The summed E-state index contributed by atoms with van der Waals surface area (Å²) in [6.45, 7) is 2.75. The molecule has 0 aliphatic rings. The van der Waals surface area contributed by atoms with Crippen LogP contribution in [0.1, 0.15) is 30.5 Å². The van der Waals surface area contributed by atoms with Gasteiger partial charge < -0.3 is 10.5 Å². The highest BCUT2D eigenvalue weighted by Crippen LogP contribution is 2.22. The summed E-state index contributed by atoms with van der Waals surface area (Å²) in [4.78, 5) is 3.81. The Bertz CT molecular complexity index is 528. The summed E-state index contributed by atoms with van der Waals surface area (Å²) in [5, 5.41) is 0. The molecular formula is C15H17FN2O. The monoisotopic (exact) mass is 260 g/mol. The number of benzene rings is 1. The minimum Gasteiger partial charge on any atom is -0.494 e. The molecule has 4 heteroatoms. The maximum Gasteiger partial charge on any atom is 0.141 e. The van der Waals surface area contributed by atoms with Crippen LogP contribution in [-0.2, 0) is 0 Å². The summed E-state index contributed by atoms with van der Waals surface area (Å²) in [7, 11) is 0. The van der Waals surface area contributed by atoms with Gasteiger partial charge in [-0.2, -0.15) is 0 Å². The van der Waals surface area contributed by atoms with Crippen LogP contribution in [0.2, 0.25) is 0 Å². The topological polar surface area (TPSA) is 48.1 Å². The van der Waals surface area contributed by atoms with E-state index in [2.05, 4.69) is 11.9 Å². The maximum atomic E-state index is 13.1. The van der Waals surface area contributed by atoms with Gasteiger partial charge in [0.25, 0.3) is 0 Å². The molecule has 1 heterocycles. The number of ether oxygens (including phenoxy) is 1. The Kier molecular flexibility index (Phi) is 4.47. The Morgan fingerprint density at radius 3 is 2.58 bits per heavy atom. The first-order chi connectivity index (χ1) is 9.20. The van der Waals surface area contributed by atoms with E-state index in [0.29, 0.717) is 12.2 Å². The highest BCUT2D eigenvalue weighted by molar-refractivity contribution is 5.34. The van der Waals surface area contributed by atoms with Crippen LogP contribution in [0.3, 0.4) is 0 Å². The van der Waals surface area contributed by atoms with Gasteiger partial charge in [-0.25, -0.2) is 4.39 Å². The van der Waals surface area contributed by atoms with Crippen LogP contribution in [0.25, 0.3) is 0 Å². The Morgan fingerprint density at radius 1 is 1.21 bits per heavy atom. The Hall–Kier alpha value is -1.94. The van der Waals surface area contributed by atoms with Crippen LogP contribution in [0, 0.1) is 5.82 Å². The first-order valence-electron chi connectivity index (χ1n) is 6.29. The Balaban J connectivity index is 2.13. The van der Waals surface area contributed by atoms with Gasteiger partial charge in [-0.05, 0) is 35.7 Å². The molecule has 3 nitrogen and oxygen atoms in total. The second kappa shape index (κ2) is 6.29. The van der Waals surface area contributed by atoms with Crippen molar-refractivity contribution in [3.05, 3.63) is 59.7 Å². The molecule has 0 aliphatic carbocycles. The average Bonchev–Trinajstić information content (AvgIpc) is 2.45. The number of halogens is 1. The minimum atomic E-state index is -0.386. The van der Waals surface area contributed by atoms with E-state index in [9.17, 15) is 4.39 Å². The van der Waals surface area contributed by atoms with Crippen molar-refractivity contribution >= 4 is 0 Å². The third-order valence-corrected chi connectivity index (χ3v) is 2.80. The van der Waals surface area contributed by atoms with Crippen molar-refractivity contribution in [3.63, 3.8) is 0 Å². The van der Waals surface area contributed by atoms with Crippen molar-refractivity contribution in [2.75, 3.05) is 6.61 Å². The molecule has 0 spiro atoms. The second-order valence-corrected chi connectivity index (χ2v) is 4.33. The molecule has 1 aromatic carbocycles. The Labute approximate surface area is 112 Å². The number of nitrogens with zero attached hydrogens (tertiary/aromatic N) is 1. The quantitative estimate of drug-likeness (QED) is 0.898. The third kappa shape index (κ3) is 3.51. The predicted octanol–water partition coefficient (Wildman–Crippen LogP) is 3.06.